The van der Waals surface area contributed by atoms with Gasteiger partial charge in [-0.2, -0.15) is 0 Å². The molecule has 0 aromatic heterocycles. The Morgan fingerprint density at radius 1 is 1.00 bits per heavy atom. The van der Waals surface area contributed by atoms with Gasteiger partial charge in [0.15, 0.2) is 11.5 Å². The van der Waals surface area contributed by atoms with Crippen LogP contribution in [-0.4, -0.2) is 26.9 Å². The molecular weight excluding hydrogens is 314 g/mol. The van der Waals surface area contributed by atoms with Crippen LogP contribution >= 0.6 is 0 Å². The van der Waals surface area contributed by atoms with Gasteiger partial charge < -0.3 is 19.5 Å². The summed E-state index contributed by atoms with van der Waals surface area (Å²) in [6.07, 6.45) is 0.994. The molecule has 0 aliphatic carbocycles. The summed E-state index contributed by atoms with van der Waals surface area (Å²) in [5.74, 6) is 2.58. The van der Waals surface area contributed by atoms with E-state index in [0.29, 0.717) is 13.2 Å². The van der Waals surface area contributed by atoms with Crippen molar-refractivity contribution in [2.45, 2.75) is 33.2 Å². The lowest BCUT2D eigenvalue weighted by molar-refractivity contribution is 0.286. The standard InChI is InChI=1S/C21H27NO3/c1-5-24-19-12-15-9-10-22-21(17(15)13-20(19)25-6-2)16-7-8-18(23-4)14(3)11-16/h7-8,11-13,21-22H,5-6,9-10H2,1-4H3/t21-/m1/s1. The average Bonchev–Trinajstić information content (AvgIpc) is 2.62. The van der Waals surface area contributed by atoms with Gasteiger partial charge in [-0.1, -0.05) is 12.1 Å². The molecule has 25 heavy (non-hydrogen) atoms. The smallest absolute Gasteiger partial charge is 0.161 e. The Bertz CT molecular complexity index is 742. The minimum absolute atomic E-state index is 0.156. The first-order valence-electron chi connectivity index (χ1n) is 8.98. The predicted molar refractivity (Wildman–Crippen MR) is 100 cm³/mol. The summed E-state index contributed by atoms with van der Waals surface area (Å²) in [7, 11) is 1.71. The molecular formula is C21H27NO3. The van der Waals surface area contributed by atoms with Crippen LogP contribution in [0.25, 0.3) is 0 Å². The third-order valence-electron chi connectivity index (χ3n) is 4.61. The maximum Gasteiger partial charge on any atom is 0.161 e. The first-order valence-corrected chi connectivity index (χ1v) is 8.98. The van der Waals surface area contributed by atoms with Gasteiger partial charge in [0, 0.05) is 6.54 Å². The molecule has 0 saturated carbocycles. The van der Waals surface area contributed by atoms with Gasteiger partial charge in [0.1, 0.15) is 5.75 Å². The van der Waals surface area contributed by atoms with Crippen LogP contribution in [0.2, 0.25) is 0 Å². The Labute approximate surface area is 150 Å². The molecule has 1 atom stereocenters. The SMILES string of the molecule is CCOc1cc2c(cc1OCC)[C@@H](c1ccc(OC)c(C)c1)NCC2. The number of aryl methyl sites for hydroxylation is 1. The highest BCUT2D eigenvalue weighted by molar-refractivity contribution is 5.52. The second-order valence-corrected chi connectivity index (χ2v) is 6.23. The molecule has 1 heterocycles. The molecule has 0 bridgehead atoms. The zero-order valence-electron chi connectivity index (χ0n) is 15.5. The van der Waals surface area contributed by atoms with Gasteiger partial charge in [-0.3, -0.25) is 0 Å². The monoisotopic (exact) mass is 341 g/mol. The van der Waals surface area contributed by atoms with E-state index >= 15 is 0 Å². The maximum absolute atomic E-state index is 5.83. The molecule has 1 aliphatic rings. The summed E-state index contributed by atoms with van der Waals surface area (Å²) in [4.78, 5) is 0. The van der Waals surface area contributed by atoms with E-state index in [1.54, 1.807) is 7.11 Å². The van der Waals surface area contributed by atoms with Crippen LogP contribution < -0.4 is 19.5 Å². The fourth-order valence-electron chi connectivity index (χ4n) is 3.48. The van der Waals surface area contributed by atoms with Crippen molar-refractivity contribution >= 4 is 0 Å². The number of ether oxygens (including phenoxy) is 3. The van der Waals surface area contributed by atoms with Crippen molar-refractivity contribution in [2.24, 2.45) is 0 Å². The molecule has 0 radical (unpaired) electrons. The Balaban J connectivity index is 2.03. The van der Waals surface area contributed by atoms with E-state index in [4.69, 9.17) is 14.2 Å². The van der Waals surface area contributed by atoms with Gasteiger partial charge >= 0.3 is 0 Å². The predicted octanol–water partition coefficient (Wildman–Crippen LogP) is 4.04. The second-order valence-electron chi connectivity index (χ2n) is 6.23. The number of benzene rings is 2. The summed E-state index contributed by atoms with van der Waals surface area (Å²) in [5.41, 5.74) is 4.97. The second kappa shape index (κ2) is 7.79. The van der Waals surface area contributed by atoms with Crippen molar-refractivity contribution in [1.82, 2.24) is 5.32 Å². The van der Waals surface area contributed by atoms with E-state index in [9.17, 15) is 0 Å². The number of hydrogen-bond donors (Lipinski definition) is 1. The highest BCUT2D eigenvalue weighted by Gasteiger charge is 2.24. The van der Waals surface area contributed by atoms with E-state index in [0.717, 1.165) is 35.8 Å². The summed E-state index contributed by atoms with van der Waals surface area (Å²) in [5, 5.41) is 3.64. The van der Waals surface area contributed by atoms with Gasteiger partial charge in [0.2, 0.25) is 0 Å². The fraction of sp³-hybridized carbons (Fsp3) is 0.429. The lowest BCUT2D eigenvalue weighted by atomic mass is 9.88. The summed E-state index contributed by atoms with van der Waals surface area (Å²) in [6.45, 7) is 8.28. The maximum atomic E-state index is 5.83. The molecule has 1 aliphatic heterocycles. The molecule has 4 nitrogen and oxygen atoms in total. The van der Waals surface area contributed by atoms with Crippen molar-refractivity contribution < 1.29 is 14.2 Å². The summed E-state index contributed by atoms with van der Waals surface area (Å²) < 4.78 is 17.0. The van der Waals surface area contributed by atoms with Crippen molar-refractivity contribution in [3.8, 4) is 17.2 Å². The average molecular weight is 341 g/mol. The van der Waals surface area contributed by atoms with Crippen LogP contribution in [0.4, 0.5) is 0 Å². The Morgan fingerprint density at radius 2 is 1.72 bits per heavy atom. The molecule has 2 aromatic carbocycles. The number of rotatable bonds is 6. The highest BCUT2D eigenvalue weighted by Crippen LogP contribution is 2.38. The fourth-order valence-corrected chi connectivity index (χ4v) is 3.48. The van der Waals surface area contributed by atoms with Crippen molar-refractivity contribution in [3.63, 3.8) is 0 Å². The molecule has 4 heteroatoms. The summed E-state index contributed by atoms with van der Waals surface area (Å²) in [6, 6.07) is 10.8. The van der Waals surface area contributed by atoms with Gasteiger partial charge in [0.05, 0.1) is 26.4 Å². The molecule has 3 rings (SSSR count). The number of nitrogens with one attached hydrogen (secondary N) is 1. The van der Waals surface area contributed by atoms with Crippen LogP contribution in [0, 0.1) is 6.92 Å². The van der Waals surface area contributed by atoms with E-state index in [-0.39, 0.29) is 6.04 Å². The Hall–Kier alpha value is -2.20. The minimum Gasteiger partial charge on any atom is -0.496 e. The largest absolute Gasteiger partial charge is 0.496 e. The molecule has 1 N–H and O–H groups in total. The molecule has 0 spiro atoms. The van der Waals surface area contributed by atoms with E-state index < -0.39 is 0 Å². The van der Waals surface area contributed by atoms with Crippen molar-refractivity contribution in [2.75, 3.05) is 26.9 Å². The van der Waals surface area contributed by atoms with Crippen LogP contribution in [0.15, 0.2) is 30.3 Å². The highest BCUT2D eigenvalue weighted by atomic mass is 16.5. The van der Waals surface area contributed by atoms with Gasteiger partial charge in [-0.05, 0) is 67.6 Å². The van der Waals surface area contributed by atoms with Gasteiger partial charge in [-0.25, -0.2) is 0 Å². The zero-order valence-corrected chi connectivity index (χ0v) is 15.5. The molecule has 134 valence electrons. The topological polar surface area (TPSA) is 39.7 Å². The van der Waals surface area contributed by atoms with Gasteiger partial charge in [0.25, 0.3) is 0 Å². The summed E-state index contributed by atoms with van der Waals surface area (Å²) >= 11 is 0. The molecule has 0 saturated heterocycles. The quantitative estimate of drug-likeness (QED) is 0.861. The van der Waals surface area contributed by atoms with Crippen molar-refractivity contribution in [1.29, 1.82) is 0 Å². The van der Waals surface area contributed by atoms with Crippen LogP contribution in [0.1, 0.15) is 42.1 Å². The van der Waals surface area contributed by atoms with E-state index in [2.05, 4.69) is 36.5 Å². The third kappa shape index (κ3) is 3.59. The lowest BCUT2D eigenvalue weighted by Gasteiger charge is -2.29. The minimum atomic E-state index is 0.156. The number of hydrogen-bond acceptors (Lipinski definition) is 4. The molecule has 0 unspecified atom stereocenters. The molecule has 2 aromatic rings. The van der Waals surface area contributed by atoms with Gasteiger partial charge in [-0.15, -0.1) is 0 Å². The third-order valence-corrected chi connectivity index (χ3v) is 4.61. The van der Waals surface area contributed by atoms with Crippen LogP contribution in [0.5, 0.6) is 17.2 Å². The van der Waals surface area contributed by atoms with Crippen LogP contribution in [-0.2, 0) is 6.42 Å². The lowest BCUT2D eigenvalue weighted by Crippen LogP contribution is -2.30. The number of fused-ring (bicyclic) bond motifs is 1. The zero-order chi connectivity index (χ0) is 17.8. The molecule has 0 amide bonds. The van der Waals surface area contributed by atoms with E-state index in [1.807, 2.05) is 19.9 Å². The Kier molecular flexibility index (Phi) is 5.49. The van der Waals surface area contributed by atoms with Crippen LogP contribution in [0.3, 0.4) is 0 Å². The number of methoxy groups -OCH3 is 1. The normalized spacial score (nSPS) is 16.2. The van der Waals surface area contributed by atoms with Crippen molar-refractivity contribution in [3.05, 3.63) is 52.6 Å². The Morgan fingerprint density at radius 3 is 2.36 bits per heavy atom. The first kappa shape index (κ1) is 17.6. The molecule has 0 fully saturated rings. The first-order chi connectivity index (χ1) is 12.2. The van der Waals surface area contributed by atoms with E-state index in [1.165, 1.54) is 16.7 Å².